The number of rotatable bonds is 3. The van der Waals surface area contributed by atoms with Gasteiger partial charge in [-0.25, -0.2) is 14.2 Å². The highest BCUT2D eigenvalue weighted by Gasteiger charge is 2.27. The standard InChI is InChI=1S/C15H11FN2O3/c16-9-3-4-12-10(5-9)13(14(21-12)15(19)20)18-6-11(17-7-18)8-1-2-8/h3-8H,1-2H2,(H,19,20). The molecule has 4 rings (SSSR count). The van der Waals surface area contributed by atoms with Crippen LogP contribution < -0.4 is 0 Å². The number of carbonyl (C=O) groups is 1. The van der Waals surface area contributed by atoms with Crippen LogP contribution in [0.1, 0.15) is 35.0 Å². The summed E-state index contributed by atoms with van der Waals surface area (Å²) in [5, 5.41) is 9.73. The van der Waals surface area contributed by atoms with Crippen LogP contribution in [-0.4, -0.2) is 20.6 Å². The molecule has 0 spiro atoms. The first-order chi connectivity index (χ1) is 10.1. The molecule has 0 unspecified atom stereocenters. The van der Waals surface area contributed by atoms with Crippen LogP contribution >= 0.6 is 0 Å². The highest BCUT2D eigenvalue weighted by Crippen LogP contribution is 2.39. The summed E-state index contributed by atoms with van der Waals surface area (Å²) in [6.07, 6.45) is 5.54. The Morgan fingerprint density at radius 3 is 2.95 bits per heavy atom. The molecule has 0 atom stereocenters. The molecule has 0 amide bonds. The molecule has 21 heavy (non-hydrogen) atoms. The number of hydrogen-bond donors (Lipinski definition) is 1. The Balaban J connectivity index is 1.97. The van der Waals surface area contributed by atoms with Gasteiger partial charge in [-0.2, -0.15) is 0 Å². The molecule has 1 aliphatic rings. The van der Waals surface area contributed by atoms with E-state index in [1.807, 2.05) is 0 Å². The monoisotopic (exact) mass is 286 g/mol. The van der Waals surface area contributed by atoms with Crippen molar-refractivity contribution >= 4 is 16.9 Å². The Bertz CT molecular complexity index is 861. The van der Waals surface area contributed by atoms with Crippen molar-refractivity contribution in [2.75, 3.05) is 0 Å². The van der Waals surface area contributed by atoms with E-state index >= 15 is 0 Å². The van der Waals surface area contributed by atoms with Crippen molar-refractivity contribution < 1.29 is 18.7 Å². The highest BCUT2D eigenvalue weighted by atomic mass is 19.1. The molecule has 1 N–H and O–H groups in total. The molecular formula is C15H11FN2O3. The minimum absolute atomic E-state index is 0.213. The van der Waals surface area contributed by atoms with E-state index in [4.69, 9.17) is 4.42 Å². The first-order valence-electron chi connectivity index (χ1n) is 6.63. The zero-order valence-electron chi connectivity index (χ0n) is 10.9. The lowest BCUT2D eigenvalue weighted by Crippen LogP contribution is -2.01. The third-order valence-corrected chi connectivity index (χ3v) is 3.67. The molecule has 2 aromatic heterocycles. The number of fused-ring (bicyclic) bond motifs is 1. The zero-order chi connectivity index (χ0) is 14.6. The van der Waals surface area contributed by atoms with Crippen molar-refractivity contribution in [3.63, 3.8) is 0 Å². The number of benzene rings is 1. The Kier molecular flexibility index (Phi) is 2.42. The van der Waals surface area contributed by atoms with Crippen molar-refractivity contribution in [2.45, 2.75) is 18.8 Å². The number of carboxylic acids is 1. The maximum Gasteiger partial charge on any atom is 0.374 e. The second-order valence-corrected chi connectivity index (χ2v) is 5.21. The minimum Gasteiger partial charge on any atom is -0.475 e. The summed E-state index contributed by atoms with van der Waals surface area (Å²) in [6.45, 7) is 0. The molecule has 0 saturated heterocycles. The molecule has 0 aliphatic heterocycles. The third kappa shape index (κ3) is 1.91. The molecule has 2 heterocycles. The topological polar surface area (TPSA) is 68.3 Å². The Hall–Kier alpha value is -2.63. The van der Waals surface area contributed by atoms with E-state index in [1.54, 1.807) is 17.1 Å². The van der Waals surface area contributed by atoms with Crippen LogP contribution in [0.5, 0.6) is 0 Å². The van der Waals surface area contributed by atoms with Crippen LogP contribution in [0.15, 0.2) is 35.1 Å². The van der Waals surface area contributed by atoms with Gasteiger partial charge in [0.1, 0.15) is 17.1 Å². The second-order valence-electron chi connectivity index (χ2n) is 5.21. The van der Waals surface area contributed by atoms with Crippen molar-refractivity contribution in [1.82, 2.24) is 9.55 Å². The fourth-order valence-electron chi connectivity index (χ4n) is 2.51. The van der Waals surface area contributed by atoms with Gasteiger partial charge < -0.3 is 14.1 Å². The summed E-state index contributed by atoms with van der Waals surface area (Å²) in [5.74, 6) is -1.39. The van der Waals surface area contributed by atoms with Crippen molar-refractivity contribution in [1.29, 1.82) is 0 Å². The van der Waals surface area contributed by atoms with Crippen LogP contribution in [0.2, 0.25) is 0 Å². The van der Waals surface area contributed by atoms with Gasteiger partial charge in [-0.3, -0.25) is 0 Å². The van der Waals surface area contributed by atoms with Crippen molar-refractivity contribution in [2.24, 2.45) is 0 Å². The SMILES string of the molecule is O=C(O)c1oc2ccc(F)cc2c1-n1cnc(C2CC2)c1. The minimum atomic E-state index is -1.19. The molecule has 1 aromatic carbocycles. The van der Waals surface area contributed by atoms with Crippen LogP contribution in [-0.2, 0) is 0 Å². The summed E-state index contributed by atoms with van der Waals surface area (Å²) < 4.78 is 20.4. The fraction of sp³-hybridized carbons (Fsp3) is 0.200. The number of aromatic nitrogens is 2. The number of imidazole rings is 1. The van der Waals surface area contributed by atoms with E-state index in [0.717, 1.165) is 18.5 Å². The van der Waals surface area contributed by atoms with Gasteiger partial charge in [-0.15, -0.1) is 0 Å². The van der Waals surface area contributed by atoms with Gasteiger partial charge in [0.25, 0.3) is 0 Å². The zero-order valence-corrected chi connectivity index (χ0v) is 10.9. The number of hydrogen-bond acceptors (Lipinski definition) is 3. The summed E-state index contributed by atoms with van der Waals surface area (Å²) in [4.78, 5) is 15.7. The molecule has 3 aromatic rings. The van der Waals surface area contributed by atoms with Gasteiger partial charge in [-0.05, 0) is 31.0 Å². The van der Waals surface area contributed by atoms with Crippen LogP contribution in [0.4, 0.5) is 4.39 Å². The van der Waals surface area contributed by atoms with Crippen LogP contribution in [0, 0.1) is 5.82 Å². The molecular weight excluding hydrogens is 275 g/mol. The highest BCUT2D eigenvalue weighted by molar-refractivity contribution is 5.99. The predicted octanol–water partition coefficient (Wildman–Crippen LogP) is 3.33. The van der Waals surface area contributed by atoms with E-state index in [1.165, 1.54) is 18.2 Å². The van der Waals surface area contributed by atoms with E-state index in [-0.39, 0.29) is 5.76 Å². The quantitative estimate of drug-likeness (QED) is 0.801. The normalized spacial score (nSPS) is 14.7. The lowest BCUT2D eigenvalue weighted by atomic mass is 10.2. The van der Waals surface area contributed by atoms with Gasteiger partial charge in [0.05, 0.1) is 12.0 Å². The first-order valence-corrected chi connectivity index (χ1v) is 6.63. The number of aromatic carboxylic acids is 1. The number of halogens is 1. The van der Waals surface area contributed by atoms with Gasteiger partial charge in [-0.1, -0.05) is 0 Å². The van der Waals surface area contributed by atoms with E-state index in [9.17, 15) is 14.3 Å². The van der Waals surface area contributed by atoms with Gasteiger partial charge in [0.2, 0.25) is 5.76 Å². The van der Waals surface area contributed by atoms with Gasteiger partial charge in [0.15, 0.2) is 0 Å². The Labute approximate surface area is 118 Å². The third-order valence-electron chi connectivity index (χ3n) is 3.67. The van der Waals surface area contributed by atoms with Crippen LogP contribution in [0.3, 0.4) is 0 Å². The van der Waals surface area contributed by atoms with Crippen LogP contribution in [0.25, 0.3) is 16.7 Å². The van der Waals surface area contributed by atoms with E-state index in [0.29, 0.717) is 22.6 Å². The lowest BCUT2D eigenvalue weighted by Gasteiger charge is -2.00. The lowest BCUT2D eigenvalue weighted by molar-refractivity contribution is 0.0665. The second kappa shape index (κ2) is 4.18. The first kappa shape index (κ1) is 12.1. The largest absolute Gasteiger partial charge is 0.475 e. The van der Waals surface area contributed by atoms with Gasteiger partial charge in [0, 0.05) is 17.5 Å². The van der Waals surface area contributed by atoms with E-state index < -0.39 is 11.8 Å². The Morgan fingerprint density at radius 1 is 1.43 bits per heavy atom. The number of furan rings is 1. The maximum atomic E-state index is 13.5. The molecule has 106 valence electrons. The summed E-state index contributed by atoms with van der Waals surface area (Å²) >= 11 is 0. The average molecular weight is 286 g/mol. The summed E-state index contributed by atoms with van der Waals surface area (Å²) in [5.41, 5.74) is 1.58. The molecule has 6 heteroatoms. The molecule has 0 bridgehead atoms. The Morgan fingerprint density at radius 2 is 2.24 bits per heavy atom. The number of nitrogens with zero attached hydrogens (tertiary/aromatic N) is 2. The number of carboxylic acid groups (broad SMARTS) is 1. The van der Waals surface area contributed by atoms with E-state index in [2.05, 4.69) is 4.98 Å². The molecule has 1 saturated carbocycles. The predicted molar refractivity (Wildman–Crippen MR) is 72.2 cm³/mol. The van der Waals surface area contributed by atoms with Crippen molar-refractivity contribution in [3.05, 3.63) is 48.0 Å². The summed E-state index contributed by atoms with van der Waals surface area (Å²) in [7, 11) is 0. The molecule has 0 radical (unpaired) electrons. The van der Waals surface area contributed by atoms with Gasteiger partial charge >= 0.3 is 5.97 Å². The maximum absolute atomic E-state index is 13.5. The molecule has 1 aliphatic carbocycles. The smallest absolute Gasteiger partial charge is 0.374 e. The van der Waals surface area contributed by atoms with Crippen molar-refractivity contribution in [3.8, 4) is 5.69 Å². The average Bonchev–Trinajstić information content (AvgIpc) is 3.06. The molecule has 1 fully saturated rings. The summed E-state index contributed by atoms with van der Waals surface area (Å²) in [6, 6.07) is 3.95. The fourth-order valence-corrected chi connectivity index (χ4v) is 2.51. The molecule has 5 nitrogen and oxygen atoms in total.